The molecule has 16 heavy (non-hydrogen) atoms. The molecule has 1 aromatic heterocycles. The van der Waals surface area contributed by atoms with Crippen molar-refractivity contribution < 1.29 is 18.0 Å². The Hall–Kier alpha value is -0.610. The molecule has 0 fully saturated rings. The zero-order valence-electron chi connectivity index (χ0n) is 9.80. The maximum Gasteiger partial charge on any atom is 0.354 e. The van der Waals surface area contributed by atoms with E-state index in [1.165, 1.54) is 0 Å². The Labute approximate surface area is 95.4 Å². The zero-order chi connectivity index (χ0) is 12.2. The lowest BCUT2D eigenvalue weighted by atomic mass is 10.4. The summed E-state index contributed by atoms with van der Waals surface area (Å²) in [6, 6.07) is 3.45. The maximum atomic E-state index is 12.3. The van der Waals surface area contributed by atoms with E-state index in [1.807, 2.05) is 0 Å². The minimum Gasteiger partial charge on any atom is -0.464 e. The fourth-order valence-corrected chi connectivity index (χ4v) is 2.89. The van der Waals surface area contributed by atoms with Gasteiger partial charge < -0.3 is 19.2 Å². The summed E-state index contributed by atoms with van der Waals surface area (Å²) in [6.07, 6.45) is 0. The van der Waals surface area contributed by atoms with Crippen molar-refractivity contribution in [3.8, 4) is 0 Å². The monoisotopic (exact) mass is 247 g/mol. The normalized spacial score (nSPS) is 14.0. The molecule has 5 nitrogen and oxygen atoms in total. The summed E-state index contributed by atoms with van der Waals surface area (Å²) in [5, 5.41) is 0. The van der Waals surface area contributed by atoms with Crippen LogP contribution in [0.25, 0.3) is 0 Å². The fourth-order valence-electron chi connectivity index (χ4n) is 1.33. The standard InChI is InChI=1S/C10H18NO4P/c1-4-13-16(12,14-5-2)10(11)9-7-6-8(3)15-9/h6-7,10H,4-5,11H2,1-3H3/t10-/m1/s1. The molecule has 0 unspecified atom stereocenters. The maximum absolute atomic E-state index is 12.3. The van der Waals surface area contributed by atoms with Crippen molar-refractivity contribution in [2.24, 2.45) is 5.73 Å². The van der Waals surface area contributed by atoms with Gasteiger partial charge in [-0.25, -0.2) is 0 Å². The first-order valence-corrected chi connectivity index (χ1v) is 6.85. The Morgan fingerprint density at radius 1 is 1.38 bits per heavy atom. The summed E-state index contributed by atoms with van der Waals surface area (Å²) in [6.45, 7) is 5.84. The first-order chi connectivity index (χ1) is 7.53. The van der Waals surface area contributed by atoms with E-state index >= 15 is 0 Å². The Bertz CT molecular complexity index is 367. The Kier molecular flexibility index (Phi) is 4.74. The molecule has 0 aromatic carbocycles. The first-order valence-electron chi connectivity index (χ1n) is 5.24. The molecule has 0 aliphatic carbocycles. The molecule has 1 atom stereocenters. The Morgan fingerprint density at radius 3 is 2.31 bits per heavy atom. The van der Waals surface area contributed by atoms with Crippen molar-refractivity contribution in [2.75, 3.05) is 13.2 Å². The molecule has 0 amide bonds. The average Bonchev–Trinajstić information content (AvgIpc) is 2.64. The molecule has 2 N–H and O–H groups in total. The van der Waals surface area contributed by atoms with E-state index < -0.39 is 13.4 Å². The van der Waals surface area contributed by atoms with Crippen LogP contribution in [0.2, 0.25) is 0 Å². The quantitative estimate of drug-likeness (QED) is 0.782. The van der Waals surface area contributed by atoms with E-state index in [0.717, 1.165) is 0 Å². The number of hydrogen-bond acceptors (Lipinski definition) is 5. The fraction of sp³-hybridized carbons (Fsp3) is 0.600. The van der Waals surface area contributed by atoms with Crippen LogP contribution in [0.1, 0.15) is 31.2 Å². The van der Waals surface area contributed by atoms with Gasteiger partial charge in [0, 0.05) is 0 Å². The van der Waals surface area contributed by atoms with Gasteiger partial charge in [0.05, 0.1) is 13.2 Å². The SMILES string of the molecule is CCOP(=O)(OCC)[C@@H](N)c1ccc(C)o1. The second-order valence-electron chi connectivity index (χ2n) is 3.27. The molecule has 0 radical (unpaired) electrons. The molecule has 1 heterocycles. The van der Waals surface area contributed by atoms with Gasteiger partial charge in [-0.15, -0.1) is 0 Å². The van der Waals surface area contributed by atoms with Gasteiger partial charge >= 0.3 is 7.60 Å². The zero-order valence-corrected chi connectivity index (χ0v) is 10.7. The van der Waals surface area contributed by atoms with Gasteiger partial charge in [0.15, 0.2) is 5.78 Å². The molecular weight excluding hydrogens is 229 g/mol. The van der Waals surface area contributed by atoms with Crippen molar-refractivity contribution in [2.45, 2.75) is 26.6 Å². The topological polar surface area (TPSA) is 74.7 Å². The van der Waals surface area contributed by atoms with Gasteiger partial charge in [-0.2, -0.15) is 0 Å². The van der Waals surface area contributed by atoms with E-state index in [2.05, 4.69) is 0 Å². The molecule has 1 aromatic rings. The van der Waals surface area contributed by atoms with Crippen molar-refractivity contribution >= 4 is 7.60 Å². The van der Waals surface area contributed by atoms with Crippen molar-refractivity contribution in [1.29, 1.82) is 0 Å². The molecule has 1 rings (SSSR count). The molecule has 0 aliphatic rings. The number of hydrogen-bond donors (Lipinski definition) is 1. The van der Waals surface area contributed by atoms with Crippen LogP contribution in [0.3, 0.4) is 0 Å². The minimum atomic E-state index is -3.33. The first kappa shape index (κ1) is 13.5. The van der Waals surface area contributed by atoms with E-state index in [4.69, 9.17) is 19.2 Å². The second kappa shape index (κ2) is 5.64. The van der Waals surface area contributed by atoms with Crippen LogP contribution in [0.5, 0.6) is 0 Å². The van der Waals surface area contributed by atoms with Crippen LogP contribution in [0.4, 0.5) is 0 Å². The number of nitrogens with two attached hydrogens (primary N) is 1. The highest BCUT2D eigenvalue weighted by Crippen LogP contribution is 2.58. The van der Waals surface area contributed by atoms with E-state index in [-0.39, 0.29) is 13.2 Å². The molecule has 0 bridgehead atoms. The van der Waals surface area contributed by atoms with E-state index in [9.17, 15) is 4.57 Å². The van der Waals surface area contributed by atoms with Crippen LogP contribution >= 0.6 is 7.60 Å². The number of furan rings is 1. The third-order valence-corrected chi connectivity index (χ3v) is 4.18. The molecule has 0 aliphatic heterocycles. The molecule has 0 saturated heterocycles. The van der Waals surface area contributed by atoms with Gasteiger partial charge in [-0.1, -0.05) is 0 Å². The summed E-state index contributed by atoms with van der Waals surface area (Å²) in [4.78, 5) is 0. The van der Waals surface area contributed by atoms with E-state index in [1.54, 1.807) is 32.9 Å². The van der Waals surface area contributed by atoms with Crippen LogP contribution in [-0.2, 0) is 13.6 Å². The smallest absolute Gasteiger partial charge is 0.354 e. The molecule has 0 saturated carbocycles. The lowest BCUT2D eigenvalue weighted by Gasteiger charge is -2.21. The number of rotatable bonds is 6. The Morgan fingerprint density at radius 2 is 1.94 bits per heavy atom. The predicted octanol–water partition coefficient (Wildman–Crippen LogP) is 2.81. The third-order valence-electron chi connectivity index (χ3n) is 2.01. The predicted molar refractivity (Wildman–Crippen MR) is 61.2 cm³/mol. The second-order valence-corrected chi connectivity index (χ2v) is 5.42. The highest BCUT2D eigenvalue weighted by atomic mass is 31.2. The highest BCUT2D eigenvalue weighted by Gasteiger charge is 2.35. The van der Waals surface area contributed by atoms with Crippen molar-refractivity contribution in [3.63, 3.8) is 0 Å². The summed E-state index contributed by atoms with van der Waals surface area (Å²) in [5.41, 5.74) is 5.85. The lowest BCUT2D eigenvalue weighted by Crippen LogP contribution is -2.14. The minimum absolute atomic E-state index is 0.282. The third kappa shape index (κ3) is 2.95. The van der Waals surface area contributed by atoms with Gasteiger partial charge in [-0.3, -0.25) is 4.57 Å². The molecule has 6 heteroatoms. The average molecular weight is 247 g/mol. The van der Waals surface area contributed by atoms with Crippen LogP contribution in [-0.4, -0.2) is 13.2 Å². The van der Waals surface area contributed by atoms with E-state index in [0.29, 0.717) is 11.5 Å². The molecular formula is C10H18NO4P. The highest BCUT2D eigenvalue weighted by molar-refractivity contribution is 7.54. The molecule has 92 valence electrons. The summed E-state index contributed by atoms with van der Waals surface area (Å²) < 4.78 is 27.9. The lowest BCUT2D eigenvalue weighted by molar-refractivity contribution is 0.209. The summed E-state index contributed by atoms with van der Waals surface area (Å²) >= 11 is 0. The Balaban J connectivity index is 2.90. The summed E-state index contributed by atoms with van der Waals surface area (Å²) in [5.74, 6) is 0.258. The van der Waals surface area contributed by atoms with Crippen molar-refractivity contribution in [3.05, 3.63) is 23.7 Å². The number of aryl methyl sites for hydroxylation is 1. The summed E-state index contributed by atoms with van der Waals surface area (Å²) in [7, 11) is -3.33. The van der Waals surface area contributed by atoms with Gasteiger partial charge in [-0.05, 0) is 32.9 Å². The van der Waals surface area contributed by atoms with Crippen LogP contribution in [0.15, 0.2) is 16.5 Å². The van der Waals surface area contributed by atoms with Gasteiger partial charge in [0.2, 0.25) is 0 Å². The van der Waals surface area contributed by atoms with Crippen molar-refractivity contribution in [1.82, 2.24) is 0 Å². The van der Waals surface area contributed by atoms with Crippen LogP contribution < -0.4 is 5.73 Å². The van der Waals surface area contributed by atoms with Gasteiger partial charge in [0.25, 0.3) is 0 Å². The van der Waals surface area contributed by atoms with Gasteiger partial charge in [0.1, 0.15) is 11.5 Å². The molecule has 0 spiro atoms. The largest absolute Gasteiger partial charge is 0.464 e. The van der Waals surface area contributed by atoms with Crippen LogP contribution in [0, 0.1) is 6.92 Å².